The van der Waals surface area contributed by atoms with Crippen LogP contribution in [0.5, 0.6) is 0 Å². The van der Waals surface area contributed by atoms with Crippen LogP contribution in [0, 0.1) is 0 Å². The summed E-state index contributed by atoms with van der Waals surface area (Å²) in [5.41, 5.74) is 3.59. The van der Waals surface area contributed by atoms with E-state index in [1.54, 1.807) is 6.26 Å². The van der Waals surface area contributed by atoms with Gasteiger partial charge >= 0.3 is 6.01 Å². The molecule has 1 fully saturated rings. The van der Waals surface area contributed by atoms with Gasteiger partial charge in [0.15, 0.2) is 0 Å². The highest BCUT2D eigenvalue weighted by Gasteiger charge is 2.30. The Morgan fingerprint density at radius 3 is 3.05 bits per heavy atom. The molecule has 1 unspecified atom stereocenters. The van der Waals surface area contributed by atoms with E-state index in [1.165, 1.54) is 24.1 Å². The molecule has 2 aromatic rings. The van der Waals surface area contributed by atoms with Gasteiger partial charge in [-0.3, -0.25) is 4.90 Å². The Labute approximate surface area is 118 Å². The van der Waals surface area contributed by atoms with Gasteiger partial charge in [0, 0.05) is 24.3 Å². The smallest absolute Gasteiger partial charge is 0.302 e. The zero-order valence-electron chi connectivity index (χ0n) is 11.7. The third-order valence-corrected chi connectivity index (χ3v) is 4.10. The molecule has 4 rings (SSSR count). The molecular weight excluding hydrogens is 250 g/mol. The number of fused-ring (bicyclic) bond motifs is 1. The fourth-order valence-corrected chi connectivity index (χ4v) is 2.88. The molecule has 1 saturated carbocycles. The zero-order valence-corrected chi connectivity index (χ0v) is 11.7. The molecular formula is C16H19N3O. The molecule has 0 bridgehead atoms. The highest BCUT2D eigenvalue weighted by molar-refractivity contribution is 5.66. The molecule has 1 atom stereocenters. The number of para-hydroxylation sites is 1. The van der Waals surface area contributed by atoms with Gasteiger partial charge in [0.1, 0.15) is 6.26 Å². The second-order valence-corrected chi connectivity index (χ2v) is 5.83. The minimum absolute atomic E-state index is 0.398. The van der Waals surface area contributed by atoms with Gasteiger partial charge in [-0.1, -0.05) is 18.2 Å². The van der Waals surface area contributed by atoms with E-state index in [-0.39, 0.29) is 0 Å². The molecule has 2 aliphatic rings. The van der Waals surface area contributed by atoms with Gasteiger partial charge in [-0.15, -0.1) is 0 Å². The average Bonchev–Trinajstić information content (AvgIpc) is 3.06. The fraction of sp³-hybridized carbons (Fsp3) is 0.438. The van der Waals surface area contributed by atoms with E-state index in [2.05, 4.69) is 46.4 Å². The summed E-state index contributed by atoms with van der Waals surface area (Å²) >= 11 is 0. The SMILES string of the molecule is CC1Cc2ccccc2N1c1nc(CNC2CC2)co1. The maximum absolute atomic E-state index is 5.70. The first kappa shape index (κ1) is 12.0. The number of nitrogens with zero attached hydrogens (tertiary/aromatic N) is 2. The van der Waals surface area contributed by atoms with Crippen LogP contribution in [0.4, 0.5) is 11.7 Å². The Hall–Kier alpha value is -1.81. The van der Waals surface area contributed by atoms with Gasteiger partial charge in [0.2, 0.25) is 0 Å². The number of oxazole rings is 1. The maximum atomic E-state index is 5.70. The van der Waals surface area contributed by atoms with Crippen molar-refractivity contribution in [1.82, 2.24) is 10.3 Å². The minimum Gasteiger partial charge on any atom is -0.431 e. The Morgan fingerprint density at radius 2 is 2.20 bits per heavy atom. The number of nitrogens with one attached hydrogen (secondary N) is 1. The molecule has 20 heavy (non-hydrogen) atoms. The van der Waals surface area contributed by atoms with Gasteiger partial charge in [0.05, 0.1) is 5.69 Å². The zero-order chi connectivity index (χ0) is 13.5. The van der Waals surface area contributed by atoms with Crippen LogP contribution in [0.1, 0.15) is 31.0 Å². The standard InChI is InChI=1S/C16H19N3O/c1-11-8-12-4-2-3-5-15(12)19(11)16-18-14(10-20-16)9-17-13-6-7-13/h2-5,10-11,13,17H,6-9H2,1H3. The van der Waals surface area contributed by atoms with Crippen molar-refractivity contribution in [2.24, 2.45) is 0 Å². The molecule has 0 radical (unpaired) electrons. The minimum atomic E-state index is 0.398. The molecule has 1 aliphatic carbocycles. The van der Waals surface area contributed by atoms with Gasteiger partial charge in [-0.2, -0.15) is 4.98 Å². The molecule has 0 saturated heterocycles. The number of hydrogen-bond donors (Lipinski definition) is 1. The highest BCUT2D eigenvalue weighted by Crippen LogP contribution is 2.37. The van der Waals surface area contributed by atoms with Crippen LogP contribution in [0.15, 0.2) is 34.9 Å². The summed E-state index contributed by atoms with van der Waals surface area (Å²) in [7, 11) is 0. The lowest BCUT2D eigenvalue weighted by molar-refractivity contribution is 0.537. The first-order valence-corrected chi connectivity index (χ1v) is 7.36. The van der Waals surface area contributed by atoms with Crippen LogP contribution in [0.2, 0.25) is 0 Å². The molecule has 2 heterocycles. The van der Waals surface area contributed by atoms with E-state index in [0.717, 1.165) is 24.7 Å². The molecule has 1 N–H and O–H groups in total. The van der Waals surface area contributed by atoms with E-state index in [0.29, 0.717) is 12.1 Å². The highest BCUT2D eigenvalue weighted by atomic mass is 16.4. The molecule has 0 spiro atoms. The molecule has 1 aliphatic heterocycles. The van der Waals surface area contributed by atoms with Crippen molar-refractivity contribution < 1.29 is 4.42 Å². The Morgan fingerprint density at radius 1 is 1.35 bits per heavy atom. The molecule has 1 aromatic heterocycles. The average molecular weight is 269 g/mol. The summed E-state index contributed by atoms with van der Waals surface area (Å²) in [4.78, 5) is 6.84. The van der Waals surface area contributed by atoms with Gasteiger partial charge in [0.25, 0.3) is 0 Å². The van der Waals surface area contributed by atoms with E-state index in [1.807, 2.05) is 0 Å². The summed E-state index contributed by atoms with van der Waals surface area (Å²) in [5, 5.41) is 3.47. The van der Waals surface area contributed by atoms with E-state index < -0.39 is 0 Å². The molecule has 4 heteroatoms. The number of hydrogen-bond acceptors (Lipinski definition) is 4. The third kappa shape index (κ3) is 2.10. The quantitative estimate of drug-likeness (QED) is 0.926. The Balaban J connectivity index is 1.57. The van der Waals surface area contributed by atoms with E-state index in [4.69, 9.17) is 4.42 Å². The largest absolute Gasteiger partial charge is 0.431 e. The second kappa shape index (κ2) is 4.63. The lowest BCUT2D eigenvalue weighted by Gasteiger charge is -2.19. The fourth-order valence-electron chi connectivity index (χ4n) is 2.88. The van der Waals surface area contributed by atoms with Crippen molar-refractivity contribution in [2.75, 3.05) is 4.90 Å². The van der Waals surface area contributed by atoms with E-state index >= 15 is 0 Å². The number of benzene rings is 1. The monoisotopic (exact) mass is 269 g/mol. The lowest BCUT2D eigenvalue weighted by atomic mass is 10.1. The maximum Gasteiger partial charge on any atom is 0.302 e. The predicted octanol–water partition coefficient (Wildman–Crippen LogP) is 3.01. The first-order valence-electron chi connectivity index (χ1n) is 7.36. The van der Waals surface area contributed by atoms with Crippen molar-refractivity contribution in [3.8, 4) is 0 Å². The number of anilines is 2. The van der Waals surface area contributed by atoms with Gasteiger partial charge in [-0.05, 0) is 37.8 Å². The Bertz CT molecular complexity index is 618. The lowest BCUT2D eigenvalue weighted by Crippen LogP contribution is -2.24. The summed E-state index contributed by atoms with van der Waals surface area (Å²) < 4.78 is 5.70. The normalized spacial score (nSPS) is 21.2. The summed E-state index contributed by atoms with van der Waals surface area (Å²) in [5.74, 6) is 0. The first-order chi connectivity index (χ1) is 9.81. The van der Waals surface area contributed by atoms with Crippen LogP contribution in [-0.4, -0.2) is 17.1 Å². The van der Waals surface area contributed by atoms with Crippen LogP contribution in [0.3, 0.4) is 0 Å². The van der Waals surface area contributed by atoms with Crippen LogP contribution in [-0.2, 0) is 13.0 Å². The van der Waals surface area contributed by atoms with Crippen LogP contribution in [0.25, 0.3) is 0 Å². The molecule has 0 amide bonds. The second-order valence-electron chi connectivity index (χ2n) is 5.83. The number of rotatable bonds is 4. The van der Waals surface area contributed by atoms with Crippen molar-refractivity contribution in [3.63, 3.8) is 0 Å². The van der Waals surface area contributed by atoms with Crippen molar-refractivity contribution >= 4 is 11.7 Å². The topological polar surface area (TPSA) is 41.3 Å². The molecule has 1 aromatic carbocycles. The number of aromatic nitrogens is 1. The van der Waals surface area contributed by atoms with Gasteiger partial charge in [-0.25, -0.2) is 0 Å². The summed E-state index contributed by atoms with van der Waals surface area (Å²) in [6, 6.07) is 10.3. The van der Waals surface area contributed by atoms with Crippen molar-refractivity contribution in [3.05, 3.63) is 41.8 Å². The third-order valence-electron chi connectivity index (χ3n) is 4.10. The van der Waals surface area contributed by atoms with Crippen LogP contribution < -0.4 is 10.2 Å². The van der Waals surface area contributed by atoms with Gasteiger partial charge < -0.3 is 9.73 Å². The van der Waals surface area contributed by atoms with Crippen molar-refractivity contribution in [1.29, 1.82) is 0 Å². The van der Waals surface area contributed by atoms with Crippen molar-refractivity contribution in [2.45, 2.75) is 44.8 Å². The molecule has 104 valence electrons. The summed E-state index contributed by atoms with van der Waals surface area (Å²) in [6.45, 7) is 3.02. The molecule has 4 nitrogen and oxygen atoms in total. The predicted molar refractivity (Wildman–Crippen MR) is 78.1 cm³/mol. The van der Waals surface area contributed by atoms with E-state index in [9.17, 15) is 0 Å². The Kier molecular flexibility index (Phi) is 2.77. The van der Waals surface area contributed by atoms with Crippen LogP contribution >= 0.6 is 0 Å². The summed E-state index contributed by atoms with van der Waals surface area (Å²) in [6.07, 6.45) is 5.41.